The molecule has 0 fully saturated rings. The van der Waals surface area contributed by atoms with Gasteiger partial charge in [-0.15, -0.1) is 11.3 Å². The van der Waals surface area contributed by atoms with E-state index in [9.17, 15) is 0 Å². The van der Waals surface area contributed by atoms with Crippen LogP contribution in [0.15, 0.2) is 22.0 Å². The van der Waals surface area contributed by atoms with Crippen LogP contribution in [-0.4, -0.2) is 10.1 Å². The second-order valence-electron chi connectivity index (χ2n) is 2.67. The van der Waals surface area contributed by atoms with Crippen molar-refractivity contribution in [3.63, 3.8) is 0 Å². The van der Waals surface area contributed by atoms with Crippen molar-refractivity contribution in [2.45, 2.75) is 13.0 Å². The fourth-order valence-corrected chi connectivity index (χ4v) is 1.76. The fraction of sp³-hybridized carbons (Fsp3) is 0.250. The summed E-state index contributed by atoms with van der Waals surface area (Å²) in [6, 6.07) is 4.02. The van der Waals surface area contributed by atoms with Crippen molar-refractivity contribution >= 4 is 11.3 Å². The van der Waals surface area contributed by atoms with Crippen LogP contribution in [-0.2, 0) is 17.9 Å². The number of aromatic nitrogens is 2. The van der Waals surface area contributed by atoms with E-state index >= 15 is 0 Å². The molecule has 0 unspecified atom stereocenters. The summed E-state index contributed by atoms with van der Waals surface area (Å²) >= 11 is 1.66. The topological polar surface area (TPSA) is 74.2 Å². The van der Waals surface area contributed by atoms with Crippen molar-refractivity contribution in [1.29, 1.82) is 0 Å². The largest absolute Gasteiger partial charge is 0.337 e. The Bertz CT molecular complexity index is 385. The second kappa shape index (κ2) is 4.32. The van der Waals surface area contributed by atoms with Gasteiger partial charge in [-0.1, -0.05) is 11.2 Å². The molecule has 0 aliphatic heterocycles. The number of hydrogen-bond acceptors (Lipinski definition) is 6. The molecule has 0 atom stereocenters. The molecule has 14 heavy (non-hydrogen) atoms. The monoisotopic (exact) mass is 211 g/mol. The molecule has 0 amide bonds. The quantitative estimate of drug-likeness (QED) is 0.767. The van der Waals surface area contributed by atoms with Gasteiger partial charge >= 0.3 is 0 Å². The van der Waals surface area contributed by atoms with Gasteiger partial charge in [0, 0.05) is 11.3 Å². The lowest BCUT2D eigenvalue weighted by Crippen LogP contribution is -1.99. The highest BCUT2D eigenvalue weighted by atomic mass is 32.1. The Morgan fingerprint density at radius 1 is 1.57 bits per heavy atom. The number of nitrogens with two attached hydrogens (primary N) is 1. The summed E-state index contributed by atoms with van der Waals surface area (Å²) in [5.74, 6) is 5.93. The second-order valence-corrected chi connectivity index (χ2v) is 3.70. The van der Waals surface area contributed by atoms with Gasteiger partial charge < -0.3 is 4.52 Å². The SMILES string of the molecule is NOCc1nc(Cc2cccs2)no1. The normalized spacial score (nSPS) is 10.6. The predicted octanol–water partition coefficient (Wildman–Crippen LogP) is 1.11. The van der Waals surface area contributed by atoms with E-state index in [1.165, 1.54) is 4.88 Å². The Morgan fingerprint density at radius 3 is 3.21 bits per heavy atom. The van der Waals surface area contributed by atoms with Crippen molar-refractivity contribution in [1.82, 2.24) is 10.1 Å². The smallest absolute Gasteiger partial charge is 0.254 e. The Morgan fingerprint density at radius 2 is 2.50 bits per heavy atom. The van der Waals surface area contributed by atoms with Crippen LogP contribution in [0.2, 0.25) is 0 Å². The molecule has 0 saturated heterocycles. The van der Waals surface area contributed by atoms with Crippen molar-refractivity contribution < 1.29 is 9.36 Å². The average molecular weight is 211 g/mol. The lowest BCUT2D eigenvalue weighted by molar-refractivity contribution is 0.0995. The molecule has 0 saturated carbocycles. The van der Waals surface area contributed by atoms with Gasteiger partial charge in [-0.2, -0.15) is 4.98 Å². The Kier molecular flexibility index (Phi) is 2.87. The third kappa shape index (κ3) is 2.16. The summed E-state index contributed by atoms with van der Waals surface area (Å²) in [7, 11) is 0. The molecule has 2 rings (SSSR count). The number of thiophene rings is 1. The number of rotatable bonds is 4. The first kappa shape index (κ1) is 9.32. The average Bonchev–Trinajstić information content (AvgIpc) is 2.79. The summed E-state index contributed by atoms with van der Waals surface area (Å²) in [6.07, 6.45) is 0.686. The molecule has 5 nitrogen and oxygen atoms in total. The zero-order valence-corrected chi connectivity index (χ0v) is 8.16. The molecule has 6 heteroatoms. The molecule has 2 N–H and O–H groups in total. The first-order valence-corrected chi connectivity index (χ1v) is 4.92. The summed E-state index contributed by atoms with van der Waals surface area (Å²) < 4.78 is 4.89. The zero-order valence-electron chi connectivity index (χ0n) is 7.34. The lowest BCUT2D eigenvalue weighted by atomic mass is 10.3. The van der Waals surface area contributed by atoms with E-state index in [0.717, 1.165) is 0 Å². The van der Waals surface area contributed by atoms with Gasteiger partial charge in [0.15, 0.2) is 5.82 Å². The third-order valence-electron chi connectivity index (χ3n) is 1.63. The molecule has 0 bridgehead atoms. The van der Waals surface area contributed by atoms with E-state index in [1.807, 2.05) is 17.5 Å². The molecule has 0 aliphatic carbocycles. The van der Waals surface area contributed by atoms with Gasteiger partial charge in [0.05, 0.1) is 0 Å². The molecular formula is C8H9N3O2S. The van der Waals surface area contributed by atoms with Crippen molar-refractivity contribution in [3.8, 4) is 0 Å². The standard InChI is InChI=1S/C8H9N3O2S/c9-12-5-8-10-7(11-13-8)4-6-2-1-3-14-6/h1-3H,4-5,9H2. The molecule has 2 aromatic heterocycles. The molecule has 0 aliphatic rings. The van der Waals surface area contributed by atoms with Gasteiger partial charge in [0.25, 0.3) is 5.89 Å². The number of nitrogens with zero attached hydrogens (tertiary/aromatic N) is 2. The highest BCUT2D eigenvalue weighted by Crippen LogP contribution is 2.12. The summed E-state index contributed by atoms with van der Waals surface area (Å²) in [6.45, 7) is 0.150. The van der Waals surface area contributed by atoms with Crippen LogP contribution in [0.4, 0.5) is 0 Å². The van der Waals surface area contributed by atoms with Gasteiger partial charge in [-0.3, -0.25) is 4.84 Å². The first-order chi connectivity index (χ1) is 6.88. The molecule has 74 valence electrons. The predicted molar refractivity (Wildman–Crippen MR) is 50.4 cm³/mol. The molecule has 0 radical (unpaired) electrons. The van der Waals surface area contributed by atoms with Crippen LogP contribution >= 0.6 is 11.3 Å². The Balaban J connectivity index is 2.03. The number of hydrogen-bond donors (Lipinski definition) is 1. The molecule has 0 spiro atoms. The maximum absolute atomic E-state index is 4.89. The Labute approximate surface area is 84.5 Å². The fourth-order valence-electron chi connectivity index (χ4n) is 1.06. The van der Waals surface area contributed by atoms with Crippen LogP contribution in [0.25, 0.3) is 0 Å². The van der Waals surface area contributed by atoms with E-state index < -0.39 is 0 Å². The molecule has 2 heterocycles. The van der Waals surface area contributed by atoms with E-state index in [0.29, 0.717) is 18.1 Å². The van der Waals surface area contributed by atoms with Crippen molar-refractivity contribution in [3.05, 3.63) is 34.1 Å². The van der Waals surface area contributed by atoms with E-state index in [4.69, 9.17) is 10.4 Å². The minimum atomic E-state index is 0.150. The first-order valence-electron chi connectivity index (χ1n) is 4.04. The van der Waals surface area contributed by atoms with Gasteiger partial charge in [0.1, 0.15) is 6.61 Å². The van der Waals surface area contributed by atoms with E-state index in [-0.39, 0.29) is 6.61 Å². The third-order valence-corrected chi connectivity index (χ3v) is 2.51. The Hall–Kier alpha value is -1.24. The lowest BCUT2D eigenvalue weighted by Gasteiger charge is -1.88. The van der Waals surface area contributed by atoms with Crippen LogP contribution in [0.1, 0.15) is 16.6 Å². The van der Waals surface area contributed by atoms with Gasteiger partial charge in [0.2, 0.25) is 0 Å². The minimum Gasteiger partial charge on any atom is -0.337 e. The van der Waals surface area contributed by atoms with Crippen molar-refractivity contribution in [2.24, 2.45) is 5.90 Å². The van der Waals surface area contributed by atoms with Crippen LogP contribution in [0.5, 0.6) is 0 Å². The zero-order chi connectivity index (χ0) is 9.80. The highest BCUT2D eigenvalue weighted by Gasteiger charge is 2.06. The van der Waals surface area contributed by atoms with Gasteiger partial charge in [-0.05, 0) is 11.4 Å². The van der Waals surface area contributed by atoms with E-state index in [2.05, 4.69) is 15.0 Å². The van der Waals surface area contributed by atoms with Crippen LogP contribution < -0.4 is 5.90 Å². The van der Waals surface area contributed by atoms with Crippen molar-refractivity contribution in [2.75, 3.05) is 0 Å². The van der Waals surface area contributed by atoms with E-state index in [1.54, 1.807) is 11.3 Å². The summed E-state index contributed by atoms with van der Waals surface area (Å²) in [4.78, 5) is 9.68. The molecular weight excluding hydrogens is 202 g/mol. The maximum atomic E-state index is 4.89. The highest BCUT2D eigenvalue weighted by molar-refractivity contribution is 7.09. The maximum Gasteiger partial charge on any atom is 0.254 e. The summed E-state index contributed by atoms with van der Waals surface area (Å²) in [5, 5.41) is 5.81. The van der Waals surface area contributed by atoms with Gasteiger partial charge in [-0.25, -0.2) is 5.90 Å². The van der Waals surface area contributed by atoms with Crippen LogP contribution in [0, 0.1) is 0 Å². The minimum absolute atomic E-state index is 0.150. The molecule has 2 aromatic rings. The summed E-state index contributed by atoms with van der Waals surface area (Å²) in [5.41, 5.74) is 0. The molecule has 0 aromatic carbocycles. The van der Waals surface area contributed by atoms with Crippen LogP contribution in [0.3, 0.4) is 0 Å².